The first-order valence-corrected chi connectivity index (χ1v) is 5.25. The lowest BCUT2D eigenvalue weighted by Gasteiger charge is -2.43. The molecule has 2 rings (SSSR count). The van der Waals surface area contributed by atoms with Crippen molar-refractivity contribution in [2.75, 3.05) is 19.6 Å². The van der Waals surface area contributed by atoms with Crippen LogP contribution in [0.2, 0.25) is 0 Å². The van der Waals surface area contributed by atoms with Crippen molar-refractivity contribution in [2.45, 2.75) is 32.2 Å². The number of rotatable bonds is 2. The Morgan fingerprint density at radius 3 is 2.67 bits per heavy atom. The van der Waals surface area contributed by atoms with Crippen LogP contribution in [0.15, 0.2) is 0 Å². The summed E-state index contributed by atoms with van der Waals surface area (Å²) in [4.78, 5) is 2.63. The maximum atomic E-state index is 5.75. The average Bonchev–Trinajstić information content (AvgIpc) is 2.45. The summed E-state index contributed by atoms with van der Waals surface area (Å²) in [5.41, 5.74) is 5.75. The molecule has 1 aliphatic carbocycles. The van der Waals surface area contributed by atoms with Gasteiger partial charge in [-0.25, -0.2) is 0 Å². The van der Waals surface area contributed by atoms with E-state index >= 15 is 0 Å². The molecule has 2 N–H and O–H groups in total. The number of hydrogen-bond acceptors (Lipinski definition) is 2. The summed E-state index contributed by atoms with van der Waals surface area (Å²) in [5, 5.41) is 0. The van der Waals surface area contributed by atoms with Gasteiger partial charge in [0.05, 0.1) is 0 Å². The molecule has 0 radical (unpaired) electrons. The highest BCUT2D eigenvalue weighted by Crippen LogP contribution is 2.33. The lowest BCUT2D eigenvalue weighted by atomic mass is 9.94. The fourth-order valence-electron chi connectivity index (χ4n) is 2.79. The number of nitrogens with zero attached hydrogens (tertiary/aromatic N) is 1. The fraction of sp³-hybridized carbons (Fsp3) is 1.00. The van der Waals surface area contributed by atoms with Gasteiger partial charge >= 0.3 is 0 Å². The summed E-state index contributed by atoms with van der Waals surface area (Å²) >= 11 is 0. The summed E-state index contributed by atoms with van der Waals surface area (Å²) in [6.07, 6.45) is 4.16. The molecule has 1 saturated carbocycles. The minimum atomic E-state index is 0.803. The molecule has 2 aliphatic rings. The van der Waals surface area contributed by atoms with E-state index in [4.69, 9.17) is 5.73 Å². The average molecular weight is 168 g/mol. The first kappa shape index (κ1) is 8.52. The Morgan fingerprint density at radius 1 is 1.33 bits per heavy atom. The maximum Gasteiger partial charge on any atom is 0.0136 e. The number of likely N-dealkylation sites (tertiary alicyclic amines) is 1. The Balaban J connectivity index is 1.86. The van der Waals surface area contributed by atoms with Crippen molar-refractivity contribution in [3.05, 3.63) is 0 Å². The van der Waals surface area contributed by atoms with Crippen LogP contribution in [0.5, 0.6) is 0 Å². The lowest BCUT2D eigenvalue weighted by molar-refractivity contribution is 0.0454. The Labute approximate surface area is 75.1 Å². The number of hydrogen-bond donors (Lipinski definition) is 1. The van der Waals surface area contributed by atoms with Crippen LogP contribution in [0.25, 0.3) is 0 Å². The van der Waals surface area contributed by atoms with Crippen LogP contribution < -0.4 is 5.73 Å². The van der Waals surface area contributed by atoms with Crippen molar-refractivity contribution >= 4 is 0 Å². The van der Waals surface area contributed by atoms with E-state index in [0.29, 0.717) is 0 Å². The van der Waals surface area contributed by atoms with Crippen molar-refractivity contribution in [1.29, 1.82) is 0 Å². The first-order valence-electron chi connectivity index (χ1n) is 5.25. The molecule has 0 spiro atoms. The van der Waals surface area contributed by atoms with Crippen LogP contribution in [-0.4, -0.2) is 30.6 Å². The molecule has 1 aliphatic heterocycles. The molecule has 2 heteroatoms. The molecule has 2 unspecified atom stereocenters. The monoisotopic (exact) mass is 168 g/mol. The van der Waals surface area contributed by atoms with E-state index in [1.165, 1.54) is 32.4 Å². The van der Waals surface area contributed by atoms with E-state index in [1.54, 1.807) is 0 Å². The smallest absolute Gasteiger partial charge is 0.0136 e. The highest BCUT2D eigenvalue weighted by Gasteiger charge is 2.36. The Hall–Kier alpha value is -0.0800. The molecule has 0 bridgehead atoms. The molecule has 0 amide bonds. The summed E-state index contributed by atoms with van der Waals surface area (Å²) in [6, 6.07) is 0.839. The van der Waals surface area contributed by atoms with Gasteiger partial charge in [-0.1, -0.05) is 13.3 Å². The van der Waals surface area contributed by atoms with Gasteiger partial charge in [0, 0.05) is 19.1 Å². The highest BCUT2D eigenvalue weighted by atomic mass is 15.2. The second kappa shape index (κ2) is 3.35. The van der Waals surface area contributed by atoms with Crippen LogP contribution >= 0.6 is 0 Å². The largest absolute Gasteiger partial charge is 0.330 e. The summed E-state index contributed by atoms with van der Waals surface area (Å²) < 4.78 is 0. The first-order chi connectivity index (χ1) is 5.81. The third kappa shape index (κ3) is 1.38. The molecular weight excluding hydrogens is 148 g/mol. The van der Waals surface area contributed by atoms with Crippen molar-refractivity contribution in [1.82, 2.24) is 4.90 Å². The maximum absolute atomic E-state index is 5.75. The van der Waals surface area contributed by atoms with Crippen LogP contribution in [0.1, 0.15) is 26.2 Å². The molecule has 0 aromatic rings. The topological polar surface area (TPSA) is 29.3 Å². The van der Waals surface area contributed by atoms with E-state index in [-0.39, 0.29) is 0 Å². The Bertz CT molecular complexity index is 152. The normalized spacial score (nSPS) is 38.5. The van der Waals surface area contributed by atoms with Crippen molar-refractivity contribution in [3.8, 4) is 0 Å². The van der Waals surface area contributed by atoms with Gasteiger partial charge < -0.3 is 5.73 Å². The van der Waals surface area contributed by atoms with E-state index in [0.717, 1.165) is 24.4 Å². The molecule has 2 nitrogen and oxygen atoms in total. The van der Waals surface area contributed by atoms with Gasteiger partial charge in [-0.3, -0.25) is 4.90 Å². The third-order valence-electron chi connectivity index (χ3n) is 3.48. The van der Waals surface area contributed by atoms with E-state index in [9.17, 15) is 0 Å². The SMILES string of the molecule is CC1CN(C2CCCC2CN)C1. The van der Waals surface area contributed by atoms with E-state index in [2.05, 4.69) is 11.8 Å². The zero-order valence-corrected chi connectivity index (χ0v) is 8.00. The number of nitrogens with two attached hydrogens (primary N) is 1. The van der Waals surface area contributed by atoms with Crippen molar-refractivity contribution < 1.29 is 0 Å². The molecule has 2 atom stereocenters. The summed E-state index contributed by atoms with van der Waals surface area (Å²) in [6.45, 7) is 5.88. The van der Waals surface area contributed by atoms with Gasteiger partial charge in [0.1, 0.15) is 0 Å². The molecule has 2 fully saturated rings. The molecule has 0 aromatic heterocycles. The van der Waals surface area contributed by atoms with Gasteiger partial charge in [0.25, 0.3) is 0 Å². The summed E-state index contributed by atoms with van der Waals surface area (Å²) in [5.74, 6) is 1.74. The van der Waals surface area contributed by atoms with Gasteiger partial charge in [0.2, 0.25) is 0 Å². The molecule has 1 saturated heterocycles. The predicted octanol–water partition coefficient (Wildman–Crippen LogP) is 1.07. The minimum absolute atomic E-state index is 0.803. The highest BCUT2D eigenvalue weighted by molar-refractivity contribution is 4.91. The second-order valence-electron chi connectivity index (χ2n) is 4.55. The van der Waals surface area contributed by atoms with Crippen molar-refractivity contribution in [2.24, 2.45) is 17.6 Å². The lowest BCUT2D eigenvalue weighted by Crippen LogP contribution is -2.53. The second-order valence-corrected chi connectivity index (χ2v) is 4.55. The standard InChI is InChI=1S/C10H20N2/c1-8-6-12(7-8)10-4-2-3-9(10)5-11/h8-10H,2-7,11H2,1H3. The van der Waals surface area contributed by atoms with E-state index in [1.807, 2.05) is 0 Å². The Kier molecular flexibility index (Phi) is 2.37. The van der Waals surface area contributed by atoms with Crippen molar-refractivity contribution in [3.63, 3.8) is 0 Å². The van der Waals surface area contributed by atoms with Crippen LogP contribution in [-0.2, 0) is 0 Å². The Morgan fingerprint density at radius 2 is 2.08 bits per heavy atom. The van der Waals surface area contributed by atoms with Gasteiger partial charge in [-0.2, -0.15) is 0 Å². The quantitative estimate of drug-likeness (QED) is 0.668. The van der Waals surface area contributed by atoms with Gasteiger partial charge in [-0.05, 0) is 31.2 Å². The van der Waals surface area contributed by atoms with Crippen LogP contribution in [0.3, 0.4) is 0 Å². The van der Waals surface area contributed by atoms with Crippen LogP contribution in [0, 0.1) is 11.8 Å². The molecule has 70 valence electrons. The molecule has 1 heterocycles. The van der Waals surface area contributed by atoms with Crippen LogP contribution in [0.4, 0.5) is 0 Å². The molecule has 12 heavy (non-hydrogen) atoms. The molecular formula is C10H20N2. The predicted molar refractivity (Wildman–Crippen MR) is 50.9 cm³/mol. The summed E-state index contributed by atoms with van der Waals surface area (Å²) in [7, 11) is 0. The zero-order valence-electron chi connectivity index (χ0n) is 8.00. The van der Waals surface area contributed by atoms with Gasteiger partial charge in [0.15, 0.2) is 0 Å². The van der Waals surface area contributed by atoms with Gasteiger partial charge in [-0.15, -0.1) is 0 Å². The molecule has 0 aromatic carbocycles. The zero-order chi connectivity index (χ0) is 8.55. The fourth-order valence-corrected chi connectivity index (χ4v) is 2.79. The third-order valence-corrected chi connectivity index (χ3v) is 3.48. The van der Waals surface area contributed by atoms with E-state index < -0.39 is 0 Å². The minimum Gasteiger partial charge on any atom is -0.330 e.